The first-order chi connectivity index (χ1) is 8.71. The minimum Gasteiger partial charge on any atom is -0.492 e. The Morgan fingerprint density at radius 3 is 2.56 bits per heavy atom. The average molecular weight is 267 g/mol. The minimum atomic E-state index is 0.333. The number of nitrogens with two attached hydrogens (primary N) is 1. The van der Waals surface area contributed by atoms with Crippen LogP contribution in [0.5, 0.6) is 5.75 Å². The molecule has 0 saturated carbocycles. The Morgan fingerprint density at radius 1 is 1.39 bits per heavy atom. The lowest BCUT2D eigenvalue weighted by Crippen LogP contribution is -2.36. The van der Waals surface area contributed by atoms with E-state index in [1.807, 2.05) is 0 Å². The van der Waals surface area contributed by atoms with Crippen molar-refractivity contribution < 1.29 is 9.47 Å². The minimum absolute atomic E-state index is 0.333. The van der Waals surface area contributed by atoms with Crippen molar-refractivity contribution in [2.45, 2.75) is 18.9 Å². The van der Waals surface area contributed by atoms with Crippen LogP contribution < -0.4 is 15.4 Å². The topological polar surface area (TPSA) is 71.5 Å². The van der Waals surface area contributed by atoms with Crippen LogP contribution in [-0.2, 0) is 4.74 Å². The van der Waals surface area contributed by atoms with Gasteiger partial charge in [0.25, 0.3) is 0 Å². The van der Waals surface area contributed by atoms with Crippen LogP contribution in [-0.4, -0.2) is 33.4 Å². The predicted octanol–water partition coefficient (Wildman–Crippen LogP) is 1.83. The van der Waals surface area contributed by atoms with Gasteiger partial charge in [-0.05, 0) is 12.8 Å². The van der Waals surface area contributed by atoms with Gasteiger partial charge in [-0.1, -0.05) is 0 Å². The molecule has 2 N–H and O–H groups in total. The summed E-state index contributed by atoms with van der Waals surface area (Å²) in [6.07, 6.45) is 2.30. The Kier molecular flexibility index (Phi) is 3.94. The maximum atomic E-state index is 9.02. The number of hydrogen-bond donors (Lipinski definition) is 1. The molecule has 0 spiro atoms. The zero-order valence-corrected chi connectivity index (χ0v) is 11.4. The third kappa shape index (κ3) is 2.24. The molecule has 2 heterocycles. The summed E-state index contributed by atoms with van der Waals surface area (Å²) in [5.74, 6) is 0.632. The number of methoxy groups -OCH3 is 2. The molecule has 0 bridgehead atoms. The number of nitrogen functional groups attached to an aromatic ring is 1. The van der Waals surface area contributed by atoms with Crippen LogP contribution in [0.1, 0.15) is 17.7 Å². The first-order valence-corrected chi connectivity index (χ1v) is 6.67. The average Bonchev–Trinajstić information content (AvgIpc) is 2.75. The Balaban J connectivity index is 2.21. The molecule has 1 aromatic rings. The summed E-state index contributed by atoms with van der Waals surface area (Å²) in [5, 5.41) is 9.98. The van der Waals surface area contributed by atoms with Crippen molar-refractivity contribution in [3.05, 3.63) is 4.88 Å². The summed E-state index contributed by atoms with van der Waals surface area (Å²) in [6, 6.07) is 2.11. The third-order valence-corrected chi connectivity index (χ3v) is 4.40. The Bertz CT molecular complexity index is 459. The number of ether oxygens (including phenoxy) is 2. The van der Waals surface area contributed by atoms with Crippen LogP contribution in [0.25, 0.3) is 0 Å². The SMILES string of the molecule is COc1c(N2CCC(OC)CC2)sc(C#N)c1N. The highest BCUT2D eigenvalue weighted by Crippen LogP contribution is 2.45. The molecular formula is C12H17N3O2S. The van der Waals surface area contributed by atoms with Crippen molar-refractivity contribution in [2.75, 3.05) is 37.9 Å². The van der Waals surface area contributed by atoms with Crippen molar-refractivity contribution in [2.24, 2.45) is 0 Å². The van der Waals surface area contributed by atoms with Gasteiger partial charge in [-0.2, -0.15) is 5.26 Å². The van der Waals surface area contributed by atoms with Gasteiger partial charge in [0.15, 0.2) is 5.75 Å². The van der Waals surface area contributed by atoms with Crippen molar-refractivity contribution in [3.8, 4) is 11.8 Å². The van der Waals surface area contributed by atoms with Crippen LogP contribution in [0.4, 0.5) is 10.7 Å². The van der Waals surface area contributed by atoms with E-state index in [1.165, 1.54) is 11.3 Å². The zero-order chi connectivity index (χ0) is 13.1. The summed E-state index contributed by atoms with van der Waals surface area (Å²) in [4.78, 5) is 2.74. The van der Waals surface area contributed by atoms with Crippen LogP contribution in [0.3, 0.4) is 0 Å². The fraction of sp³-hybridized carbons (Fsp3) is 0.583. The lowest BCUT2D eigenvalue weighted by atomic mass is 10.1. The van der Waals surface area contributed by atoms with Crippen molar-refractivity contribution in [1.82, 2.24) is 0 Å². The lowest BCUT2D eigenvalue weighted by molar-refractivity contribution is 0.0819. The second kappa shape index (κ2) is 5.46. The lowest BCUT2D eigenvalue weighted by Gasteiger charge is -2.32. The molecule has 1 aliphatic rings. The van der Waals surface area contributed by atoms with Gasteiger partial charge in [0.2, 0.25) is 0 Å². The molecule has 18 heavy (non-hydrogen) atoms. The van der Waals surface area contributed by atoms with Gasteiger partial charge in [0.05, 0.1) is 13.2 Å². The van der Waals surface area contributed by atoms with Crippen molar-refractivity contribution in [1.29, 1.82) is 5.26 Å². The monoisotopic (exact) mass is 267 g/mol. The van der Waals surface area contributed by atoms with E-state index >= 15 is 0 Å². The smallest absolute Gasteiger partial charge is 0.177 e. The Hall–Kier alpha value is -1.45. The van der Waals surface area contributed by atoms with E-state index in [0.717, 1.165) is 30.9 Å². The quantitative estimate of drug-likeness (QED) is 0.904. The van der Waals surface area contributed by atoms with E-state index in [-0.39, 0.29) is 0 Å². The number of hydrogen-bond acceptors (Lipinski definition) is 6. The first-order valence-electron chi connectivity index (χ1n) is 5.85. The number of thiophene rings is 1. The van der Waals surface area contributed by atoms with Crippen LogP contribution >= 0.6 is 11.3 Å². The number of nitrogens with zero attached hydrogens (tertiary/aromatic N) is 2. The molecule has 98 valence electrons. The van der Waals surface area contributed by atoms with Gasteiger partial charge in [-0.15, -0.1) is 11.3 Å². The molecule has 0 unspecified atom stereocenters. The Labute approximate surface area is 111 Å². The van der Waals surface area contributed by atoms with Crippen molar-refractivity contribution >= 4 is 22.0 Å². The molecule has 0 aliphatic carbocycles. The number of rotatable bonds is 3. The molecule has 5 nitrogen and oxygen atoms in total. The molecule has 1 saturated heterocycles. The number of piperidine rings is 1. The van der Waals surface area contributed by atoms with Gasteiger partial charge >= 0.3 is 0 Å². The molecule has 0 atom stereocenters. The zero-order valence-electron chi connectivity index (χ0n) is 10.6. The fourth-order valence-electron chi connectivity index (χ4n) is 2.20. The van der Waals surface area contributed by atoms with Gasteiger partial charge in [0, 0.05) is 20.2 Å². The molecule has 0 amide bonds. The van der Waals surface area contributed by atoms with Crippen LogP contribution in [0.2, 0.25) is 0 Å². The molecule has 1 aromatic heterocycles. The van der Waals surface area contributed by atoms with E-state index < -0.39 is 0 Å². The van der Waals surface area contributed by atoms with E-state index in [1.54, 1.807) is 14.2 Å². The Morgan fingerprint density at radius 2 is 2.06 bits per heavy atom. The maximum Gasteiger partial charge on any atom is 0.177 e. The normalized spacial score (nSPS) is 16.6. The summed E-state index contributed by atoms with van der Waals surface area (Å²) >= 11 is 1.40. The van der Waals surface area contributed by atoms with Crippen LogP contribution in [0, 0.1) is 11.3 Å². The highest BCUT2D eigenvalue weighted by Gasteiger charge is 2.25. The molecule has 1 fully saturated rings. The van der Waals surface area contributed by atoms with Gasteiger partial charge in [-0.3, -0.25) is 0 Å². The maximum absolute atomic E-state index is 9.02. The molecule has 2 rings (SSSR count). The van der Waals surface area contributed by atoms with Crippen molar-refractivity contribution in [3.63, 3.8) is 0 Å². The molecule has 0 radical (unpaired) electrons. The fourth-order valence-corrected chi connectivity index (χ4v) is 3.24. The molecular weight excluding hydrogens is 250 g/mol. The van der Waals surface area contributed by atoms with Gasteiger partial charge in [0.1, 0.15) is 21.6 Å². The summed E-state index contributed by atoms with van der Waals surface area (Å²) in [5.41, 5.74) is 6.35. The molecule has 1 aliphatic heterocycles. The summed E-state index contributed by atoms with van der Waals surface area (Å²) in [6.45, 7) is 1.80. The number of nitriles is 1. The highest BCUT2D eigenvalue weighted by atomic mass is 32.1. The van der Waals surface area contributed by atoms with Crippen LogP contribution in [0.15, 0.2) is 0 Å². The van der Waals surface area contributed by atoms with E-state index in [2.05, 4.69) is 11.0 Å². The number of anilines is 2. The van der Waals surface area contributed by atoms with E-state index in [9.17, 15) is 0 Å². The largest absolute Gasteiger partial charge is 0.492 e. The van der Waals surface area contributed by atoms with Gasteiger partial charge in [-0.25, -0.2) is 0 Å². The third-order valence-electron chi connectivity index (χ3n) is 3.25. The standard InChI is InChI=1S/C12H17N3O2S/c1-16-8-3-5-15(6-4-8)12-11(17-2)10(14)9(7-13)18-12/h8H,3-6,14H2,1-2H3. The second-order valence-electron chi connectivity index (χ2n) is 4.22. The highest BCUT2D eigenvalue weighted by molar-refractivity contribution is 7.17. The molecule has 0 aromatic carbocycles. The first kappa shape index (κ1) is 13.0. The van der Waals surface area contributed by atoms with Gasteiger partial charge < -0.3 is 20.1 Å². The summed E-state index contributed by atoms with van der Waals surface area (Å²) in [7, 11) is 3.34. The van der Waals surface area contributed by atoms with E-state index in [4.69, 9.17) is 20.5 Å². The second-order valence-corrected chi connectivity index (χ2v) is 5.22. The van der Waals surface area contributed by atoms with E-state index in [0.29, 0.717) is 22.4 Å². The predicted molar refractivity (Wildman–Crippen MR) is 72.2 cm³/mol. The molecule has 6 heteroatoms. The summed E-state index contributed by atoms with van der Waals surface area (Å²) < 4.78 is 10.7.